The average molecular weight is 359 g/mol. The summed E-state index contributed by atoms with van der Waals surface area (Å²) in [5, 5.41) is 3.52. The summed E-state index contributed by atoms with van der Waals surface area (Å²) in [7, 11) is 1.67. The van der Waals surface area contributed by atoms with Crippen LogP contribution in [0.4, 0.5) is 5.69 Å². The molecule has 2 aromatic carbocycles. The van der Waals surface area contributed by atoms with Crippen molar-refractivity contribution in [1.29, 1.82) is 0 Å². The molecule has 2 aliphatic carbocycles. The van der Waals surface area contributed by atoms with Crippen molar-refractivity contribution in [1.82, 2.24) is 0 Å². The van der Waals surface area contributed by atoms with Gasteiger partial charge < -0.3 is 10.1 Å². The fourth-order valence-electron chi connectivity index (χ4n) is 4.28. The molecule has 2 aromatic rings. The molecule has 0 fully saturated rings. The van der Waals surface area contributed by atoms with Gasteiger partial charge >= 0.3 is 0 Å². The van der Waals surface area contributed by atoms with Gasteiger partial charge in [0.15, 0.2) is 5.78 Å². The Morgan fingerprint density at radius 1 is 1.00 bits per heavy atom. The van der Waals surface area contributed by atoms with Gasteiger partial charge in [0.25, 0.3) is 0 Å². The van der Waals surface area contributed by atoms with Crippen molar-refractivity contribution >= 4 is 17.0 Å². The van der Waals surface area contributed by atoms with Crippen LogP contribution in [0.3, 0.4) is 0 Å². The van der Waals surface area contributed by atoms with Crippen LogP contribution in [-0.2, 0) is 4.79 Å². The Kier molecular flexibility index (Phi) is 4.85. The second-order valence-electron chi connectivity index (χ2n) is 7.43. The number of Topliss-reactive ketones (excluding diaryl/α,β-unsaturated/α-hetero) is 1. The number of allylic oxidation sites excluding steroid dienone is 3. The van der Waals surface area contributed by atoms with Crippen molar-refractivity contribution in [3.63, 3.8) is 0 Å². The van der Waals surface area contributed by atoms with E-state index in [1.807, 2.05) is 54.6 Å². The van der Waals surface area contributed by atoms with Crippen LogP contribution in [0.15, 0.2) is 72.8 Å². The van der Waals surface area contributed by atoms with Crippen LogP contribution in [-0.4, -0.2) is 19.4 Å². The SMILES string of the molecule is COc1ccc(NC[C@H]2C=C[C@@H](C)[C@H]3C(=O)C(c4ccccc4)=C[C@H]32)cc1. The van der Waals surface area contributed by atoms with Gasteiger partial charge in [-0.15, -0.1) is 0 Å². The van der Waals surface area contributed by atoms with Gasteiger partial charge in [-0.2, -0.15) is 0 Å². The number of nitrogens with one attached hydrogen (secondary N) is 1. The van der Waals surface area contributed by atoms with E-state index in [0.717, 1.165) is 29.1 Å². The summed E-state index contributed by atoms with van der Waals surface area (Å²) in [4.78, 5) is 13.1. The first-order valence-electron chi connectivity index (χ1n) is 9.55. The minimum Gasteiger partial charge on any atom is -0.497 e. The highest BCUT2D eigenvalue weighted by Gasteiger charge is 2.43. The van der Waals surface area contributed by atoms with Crippen LogP contribution >= 0.6 is 0 Å². The van der Waals surface area contributed by atoms with Crippen molar-refractivity contribution in [3.8, 4) is 5.75 Å². The van der Waals surface area contributed by atoms with E-state index in [2.05, 4.69) is 30.5 Å². The minimum absolute atomic E-state index is 0.0490. The summed E-state index contributed by atoms with van der Waals surface area (Å²) >= 11 is 0. The summed E-state index contributed by atoms with van der Waals surface area (Å²) in [6, 6.07) is 18.0. The predicted octanol–water partition coefficient (Wildman–Crippen LogP) is 4.83. The van der Waals surface area contributed by atoms with E-state index in [1.165, 1.54) is 0 Å². The molecule has 0 saturated carbocycles. The summed E-state index contributed by atoms with van der Waals surface area (Å²) < 4.78 is 5.21. The van der Waals surface area contributed by atoms with E-state index in [4.69, 9.17) is 4.74 Å². The Hall–Kier alpha value is -2.81. The highest BCUT2D eigenvalue weighted by atomic mass is 16.5. The third kappa shape index (κ3) is 3.42. The van der Waals surface area contributed by atoms with Crippen molar-refractivity contribution < 1.29 is 9.53 Å². The number of anilines is 1. The predicted molar refractivity (Wildman–Crippen MR) is 110 cm³/mol. The zero-order valence-electron chi connectivity index (χ0n) is 15.8. The van der Waals surface area contributed by atoms with Crippen LogP contribution in [0.5, 0.6) is 5.75 Å². The summed E-state index contributed by atoms with van der Waals surface area (Å²) in [5.41, 5.74) is 2.98. The number of ether oxygens (including phenoxy) is 1. The lowest BCUT2D eigenvalue weighted by molar-refractivity contribution is -0.119. The van der Waals surface area contributed by atoms with Crippen LogP contribution in [0.2, 0.25) is 0 Å². The number of methoxy groups -OCH3 is 1. The molecular weight excluding hydrogens is 334 g/mol. The number of ketones is 1. The molecule has 138 valence electrons. The maximum atomic E-state index is 13.1. The molecule has 3 heteroatoms. The second-order valence-corrected chi connectivity index (χ2v) is 7.43. The maximum Gasteiger partial charge on any atom is 0.167 e. The lowest BCUT2D eigenvalue weighted by Crippen LogP contribution is -2.34. The van der Waals surface area contributed by atoms with E-state index in [9.17, 15) is 4.79 Å². The summed E-state index contributed by atoms with van der Waals surface area (Å²) in [5.74, 6) is 2.02. The van der Waals surface area contributed by atoms with E-state index in [-0.39, 0.29) is 23.5 Å². The Balaban J connectivity index is 1.53. The zero-order chi connectivity index (χ0) is 18.8. The van der Waals surface area contributed by atoms with Gasteiger partial charge in [-0.1, -0.05) is 55.5 Å². The highest BCUT2D eigenvalue weighted by molar-refractivity contribution is 6.24. The number of fused-ring (bicyclic) bond motifs is 1. The molecule has 4 rings (SSSR count). The van der Waals surface area contributed by atoms with Crippen LogP contribution in [0, 0.1) is 23.7 Å². The third-order valence-electron chi connectivity index (χ3n) is 5.78. The number of carbonyl (C=O) groups excluding carboxylic acids is 1. The first-order chi connectivity index (χ1) is 13.2. The molecule has 0 amide bonds. The van der Waals surface area contributed by atoms with Gasteiger partial charge in [-0.05, 0) is 41.7 Å². The molecule has 0 aliphatic heterocycles. The standard InChI is InChI=1S/C24H25NO2/c1-16-8-9-18(15-25-19-10-12-20(27-2)13-11-19)21-14-22(24(26)23(16)21)17-6-4-3-5-7-17/h3-14,16,18,21,23,25H,15H2,1-2H3/t16-,18-,21+,23-/m1/s1. The van der Waals surface area contributed by atoms with Crippen molar-refractivity contribution in [3.05, 3.63) is 78.4 Å². The van der Waals surface area contributed by atoms with E-state index in [0.29, 0.717) is 5.92 Å². The van der Waals surface area contributed by atoms with Gasteiger partial charge in [0.2, 0.25) is 0 Å². The van der Waals surface area contributed by atoms with Crippen molar-refractivity contribution in [2.45, 2.75) is 6.92 Å². The molecule has 0 bridgehead atoms. The second kappa shape index (κ2) is 7.43. The molecule has 4 atom stereocenters. The Labute approximate surface area is 160 Å². The zero-order valence-corrected chi connectivity index (χ0v) is 15.8. The lowest BCUT2D eigenvalue weighted by Gasteiger charge is -2.32. The molecular formula is C24H25NO2. The number of hydrogen-bond donors (Lipinski definition) is 1. The Morgan fingerprint density at radius 2 is 1.74 bits per heavy atom. The fraction of sp³-hybridized carbons (Fsp3) is 0.292. The molecule has 27 heavy (non-hydrogen) atoms. The smallest absolute Gasteiger partial charge is 0.167 e. The average Bonchev–Trinajstić information content (AvgIpc) is 3.07. The van der Waals surface area contributed by atoms with E-state index >= 15 is 0 Å². The van der Waals surface area contributed by atoms with Crippen molar-refractivity contribution in [2.75, 3.05) is 19.0 Å². The molecule has 0 aromatic heterocycles. The largest absolute Gasteiger partial charge is 0.497 e. The van der Waals surface area contributed by atoms with Gasteiger partial charge in [0.1, 0.15) is 5.75 Å². The maximum absolute atomic E-state index is 13.1. The molecule has 2 aliphatic rings. The van der Waals surface area contributed by atoms with Crippen molar-refractivity contribution in [2.24, 2.45) is 23.7 Å². The fourth-order valence-corrected chi connectivity index (χ4v) is 4.28. The Bertz CT molecular complexity index is 867. The summed E-state index contributed by atoms with van der Waals surface area (Å²) in [6.07, 6.45) is 6.70. The first-order valence-corrected chi connectivity index (χ1v) is 9.55. The van der Waals surface area contributed by atoms with Gasteiger partial charge in [0.05, 0.1) is 7.11 Å². The molecule has 0 radical (unpaired) electrons. The molecule has 0 spiro atoms. The van der Waals surface area contributed by atoms with Gasteiger partial charge in [-0.25, -0.2) is 0 Å². The summed E-state index contributed by atoms with van der Waals surface area (Å²) in [6.45, 7) is 2.96. The quantitative estimate of drug-likeness (QED) is 0.777. The Morgan fingerprint density at radius 3 is 2.44 bits per heavy atom. The van der Waals surface area contributed by atoms with Crippen LogP contribution < -0.4 is 10.1 Å². The minimum atomic E-state index is 0.0490. The number of benzene rings is 2. The van der Waals surface area contributed by atoms with Crippen LogP contribution in [0.1, 0.15) is 12.5 Å². The molecule has 1 N–H and O–H groups in total. The molecule has 0 unspecified atom stereocenters. The number of carbonyl (C=O) groups is 1. The monoisotopic (exact) mass is 359 g/mol. The number of rotatable bonds is 5. The topological polar surface area (TPSA) is 38.3 Å². The molecule has 0 heterocycles. The molecule has 0 saturated heterocycles. The molecule has 3 nitrogen and oxygen atoms in total. The lowest BCUT2D eigenvalue weighted by atomic mass is 9.72. The normalized spacial score (nSPS) is 26.4. The van der Waals surface area contributed by atoms with Gasteiger partial charge in [-0.3, -0.25) is 4.79 Å². The first kappa shape index (κ1) is 17.6. The van der Waals surface area contributed by atoms with Gasteiger partial charge in [0, 0.05) is 29.6 Å². The number of hydrogen-bond acceptors (Lipinski definition) is 3. The van der Waals surface area contributed by atoms with E-state index < -0.39 is 0 Å². The third-order valence-corrected chi connectivity index (χ3v) is 5.78. The van der Waals surface area contributed by atoms with Crippen LogP contribution in [0.25, 0.3) is 5.57 Å². The highest BCUT2D eigenvalue weighted by Crippen LogP contribution is 2.44. The van der Waals surface area contributed by atoms with E-state index in [1.54, 1.807) is 7.11 Å².